The van der Waals surface area contributed by atoms with E-state index in [-0.39, 0.29) is 30.3 Å². The zero-order chi connectivity index (χ0) is 40.1. The molecule has 55 heavy (non-hydrogen) atoms. The molecule has 1 aromatic heterocycles. The number of carbonyl (C=O) groups is 5. The van der Waals surface area contributed by atoms with Gasteiger partial charge in [-0.2, -0.15) is 0 Å². The molecule has 14 nitrogen and oxygen atoms in total. The maximum atomic E-state index is 14.0. The highest BCUT2D eigenvalue weighted by Gasteiger charge is 2.51. The summed E-state index contributed by atoms with van der Waals surface area (Å²) in [5, 5.41) is 14.5. The van der Waals surface area contributed by atoms with E-state index in [4.69, 9.17) is 27.8 Å². The number of allylic oxidation sites excluding steroid dienone is 1. The lowest BCUT2D eigenvalue weighted by Gasteiger charge is -2.32. The van der Waals surface area contributed by atoms with Crippen molar-refractivity contribution in [3.63, 3.8) is 0 Å². The van der Waals surface area contributed by atoms with Crippen LogP contribution in [-0.2, 0) is 57.8 Å². The SMILES string of the molecule is CC#CCOc1ccc(C[C@H](NC(=O)[C@@H](C=CCCCCCCC(=O)CCCCCCC)[C@@]2(O)CC(=O)OCc3oc(=O)oc3COC2=O)C(=O)OC)cc1. The average Bonchev–Trinajstić information content (AvgIpc) is 3.53. The van der Waals surface area contributed by atoms with Crippen LogP contribution in [-0.4, -0.2) is 60.1 Å². The van der Waals surface area contributed by atoms with Crippen molar-refractivity contribution in [2.24, 2.45) is 5.92 Å². The van der Waals surface area contributed by atoms with Gasteiger partial charge in [0.15, 0.2) is 30.3 Å². The van der Waals surface area contributed by atoms with Gasteiger partial charge in [-0.15, -0.1) is 5.92 Å². The predicted molar refractivity (Wildman–Crippen MR) is 198 cm³/mol. The Bertz CT molecular complexity index is 1710. The average molecular weight is 768 g/mol. The highest BCUT2D eigenvalue weighted by Crippen LogP contribution is 2.29. The summed E-state index contributed by atoms with van der Waals surface area (Å²) in [6.45, 7) is 2.84. The molecule has 2 aromatic rings. The van der Waals surface area contributed by atoms with Gasteiger partial charge < -0.3 is 38.2 Å². The summed E-state index contributed by atoms with van der Waals surface area (Å²) in [4.78, 5) is 77.3. The summed E-state index contributed by atoms with van der Waals surface area (Å²) < 4.78 is 30.6. The maximum absolute atomic E-state index is 14.0. The van der Waals surface area contributed by atoms with E-state index in [1.807, 2.05) is 0 Å². The number of rotatable bonds is 22. The second kappa shape index (κ2) is 23.6. The molecule has 0 spiro atoms. The third-order valence-corrected chi connectivity index (χ3v) is 9.10. The highest BCUT2D eigenvalue weighted by atomic mass is 16.6. The van der Waals surface area contributed by atoms with Gasteiger partial charge >= 0.3 is 23.7 Å². The number of ether oxygens (including phenoxy) is 4. The third kappa shape index (κ3) is 14.9. The number of amides is 1. The molecule has 0 bridgehead atoms. The molecule has 1 aromatic carbocycles. The number of nitrogens with one attached hydrogen (secondary N) is 1. The third-order valence-electron chi connectivity index (χ3n) is 9.10. The molecule has 1 aliphatic heterocycles. The van der Waals surface area contributed by atoms with Crippen LogP contribution < -0.4 is 15.9 Å². The van der Waals surface area contributed by atoms with Gasteiger partial charge in [0.25, 0.3) is 0 Å². The molecule has 0 unspecified atom stereocenters. The first kappa shape index (κ1) is 44.2. The topological polar surface area (TPSA) is 198 Å². The molecule has 14 heteroatoms. The summed E-state index contributed by atoms with van der Waals surface area (Å²) in [6, 6.07) is 5.49. The van der Waals surface area contributed by atoms with Crippen LogP contribution in [0.25, 0.3) is 0 Å². The Hall–Kier alpha value is -5.16. The number of hydrogen-bond donors (Lipinski definition) is 2. The molecule has 1 aliphatic rings. The quantitative estimate of drug-likeness (QED) is 0.0522. The van der Waals surface area contributed by atoms with Gasteiger partial charge in [-0.1, -0.05) is 75.7 Å². The van der Waals surface area contributed by atoms with Crippen molar-refractivity contribution in [2.75, 3.05) is 13.7 Å². The molecule has 300 valence electrons. The Balaban J connectivity index is 1.75. The van der Waals surface area contributed by atoms with Gasteiger partial charge in [0.2, 0.25) is 5.91 Å². The van der Waals surface area contributed by atoms with E-state index >= 15 is 0 Å². The van der Waals surface area contributed by atoms with Crippen molar-refractivity contribution in [2.45, 2.75) is 129 Å². The van der Waals surface area contributed by atoms with E-state index in [2.05, 4.69) is 24.1 Å². The molecule has 0 saturated carbocycles. The van der Waals surface area contributed by atoms with Crippen LogP contribution in [0.3, 0.4) is 0 Å². The minimum absolute atomic E-state index is 0.0293. The number of cyclic esters (lactones) is 2. The number of Topliss-reactive ketones (excluding diaryl/α,β-unsaturated/α-hetero) is 1. The Morgan fingerprint density at radius 2 is 1.56 bits per heavy atom. The fourth-order valence-electron chi connectivity index (χ4n) is 5.97. The normalized spacial score (nSPS) is 16.8. The fourth-order valence-corrected chi connectivity index (χ4v) is 5.97. The van der Waals surface area contributed by atoms with E-state index in [0.29, 0.717) is 37.0 Å². The minimum atomic E-state index is -2.81. The summed E-state index contributed by atoms with van der Waals surface area (Å²) in [6.07, 6.45) is 12.0. The van der Waals surface area contributed by atoms with E-state index in [0.717, 1.165) is 52.1 Å². The lowest BCUT2D eigenvalue weighted by atomic mass is 9.82. The molecular formula is C41H53NO13. The van der Waals surface area contributed by atoms with Crippen LogP contribution in [0.5, 0.6) is 5.75 Å². The number of methoxy groups -OCH3 is 1. The van der Waals surface area contributed by atoms with Crippen LogP contribution in [0, 0.1) is 17.8 Å². The van der Waals surface area contributed by atoms with Gasteiger partial charge in [-0.3, -0.25) is 14.4 Å². The second-order valence-electron chi connectivity index (χ2n) is 13.3. The van der Waals surface area contributed by atoms with Gasteiger partial charge in [0, 0.05) is 19.3 Å². The standard InChI is InChI=1S/C41H53NO13/c1-4-6-8-11-14-17-30(43)18-15-12-9-10-13-16-19-32(41(49)26-36(44)52-27-34-35(28-53-39(41)47)55-40(48)54-34)37(45)42-33(38(46)50-3)25-29-20-22-31(23-21-29)51-24-7-5-2/h16,19-23,32-33,49H,4,6,8-15,17-18,24-28H2,1-3H3,(H,42,45)/t32-,33+,41+/m1/s1. The van der Waals surface area contributed by atoms with Gasteiger partial charge in [-0.05, 0) is 50.3 Å². The van der Waals surface area contributed by atoms with Crippen molar-refractivity contribution in [1.82, 2.24) is 5.32 Å². The fraction of sp³-hybridized carbons (Fsp3) is 0.561. The number of ketones is 1. The van der Waals surface area contributed by atoms with Crippen LogP contribution in [0.15, 0.2) is 50.0 Å². The number of hydrogen-bond acceptors (Lipinski definition) is 13. The Kier molecular flexibility index (Phi) is 19.0. The molecule has 0 aliphatic carbocycles. The first-order valence-electron chi connectivity index (χ1n) is 18.9. The lowest BCUT2D eigenvalue weighted by molar-refractivity contribution is -0.181. The second-order valence-corrected chi connectivity index (χ2v) is 13.3. The Labute approximate surface area is 321 Å². The van der Waals surface area contributed by atoms with Gasteiger partial charge in [0.05, 0.1) is 19.4 Å². The molecule has 3 atom stereocenters. The number of carbonyl (C=O) groups excluding carboxylic acids is 5. The summed E-state index contributed by atoms with van der Waals surface area (Å²) in [5.74, 6) is -1.18. The predicted octanol–water partition coefficient (Wildman–Crippen LogP) is 5.20. The van der Waals surface area contributed by atoms with E-state index in [9.17, 15) is 33.9 Å². The number of esters is 3. The smallest absolute Gasteiger partial charge is 0.481 e. The molecule has 0 fully saturated rings. The summed E-state index contributed by atoms with van der Waals surface area (Å²) in [7, 11) is 1.15. The van der Waals surface area contributed by atoms with Crippen LogP contribution in [0.2, 0.25) is 0 Å². The largest absolute Gasteiger partial charge is 0.519 e. The van der Waals surface area contributed by atoms with Crippen LogP contribution >= 0.6 is 0 Å². The number of unbranched alkanes of at least 4 members (excludes halogenated alkanes) is 8. The molecular weight excluding hydrogens is 714 g/mol. The summed E-state index contributed by atoms with van der Waals surface area (Å²) in [5.41, 5.74) is -2.18. The van der Waals surface area contributed by atoms with Crippen molar-refractivity contribution >= 4 is 29.6 Å². The Morgan fingerprint density at radius 3 is 2.20 bits per heavy atom. The monoisotopic (exact) mass is 767 g/mol. The van der Waals surface area contributed by atoms with E-state index < -0.39 is 66.8 Å². The lowest BCUT2D eigenvalue weighted by Crippen LogP contribution is -2.56. The van der Waals surface area contributed by atoms with Crippen molar-refractivity contribution in [3.8, 4) is 17.6 Å². The van der Waals surface area contributed by atoms with Gasteiger partial charge in [-0.25, -0.2) is 14.4 Å². The van der Waals surface area contributed by atoms with Crippen molar-refractivity contribution < 1.29 is 56.9 Å². The first-order valence-corrected chi connectivity index (χ1v) is 18.9. The zero-order valence-corrected chi connectivity index (χ0v) is 32.0. The van der Waals surface area contributed by atoms with Crippen LogP contribution in [0.1, 0.15) is 114 Å². The maximum Gasteiger partial charge on any atom is 0.519 e. The van der Waals surface area contributed by atoms with E-state index in [1.165, 1.54) is 12.5 Å². The molecule has 3 rings (SSSR count). The van der Waals surface area contributed by atoms with Crippen molar-refractivity contribution in [3.05, 3.63) is 64.1 Å². The Morgan fingerprint density at radius 1 is 0.927 bits per heavy atom. The van der Waals surface area contributed by atoms with E-state index in [1.54, 1.807) is 37.3 Å². The molecule has 0 radical (unpaired) electrons. The van der Waals surface area contributed by atoms with Gasteiger partial charge in [0.1, 0.15) is 24.2 Å². The zero-order valence-electron chi connectivity index (χ0n) is 32.0. The van der Waals surface area contributed by atoms with Crippen LogP contribution in [0.4, 0.5) is 0 Å². The number of fused-ring (bicyclic) bond motifs is 1. The number of aliphatic hydroxyl groups is 1. The molecule has 0 saturated heterocycles. The molecule has 2 heterocycles. The molecule has 1 amide bonds. The molecule has 2 N–H and O–H groups in total. The summed E-state index contributed by atoms with van der Waals surface area (Å²) >= 11 is 0. The van der Waals surface area contributed by atoms with Crippen molar-refractivity contribution in [1.29, 1.82) is 0 Å². The highest BCUT2D eigenvalue weighted by molar-refractivity contribution is 5.95. The first-order chi connectivity index (χ1) is 26.5. The minimum Gasteiger partial charge on any atom is -0.481 e. The number of benzene rings is 1.